The lowest BCUT2D eigenvalue weighted by Crippen LogP contribution is -2.12. The molecular formula is C11H14N4O2. The van der Waals surface area contributed by atoms with E-state index in [2.05, 4.69) is 27.6 Å². The van der Waals surface area contributed by atoms with Gasteiger partial charge in [-0.05, 0) is 13.3 Å². The third-order valence-electron chi connectivity index (χ3n) is 2.39. The highest BCUT2D eigenvalue weighted by molar-refractivity contribution is 6.04. The van der Waals surface area contributed by atoms with E-state index in [4.69, 9.17) is 4.52 Å². The van der Waals surface area contributed by atoms with Crippen LogP contribution < -0.4 is 5.32 Å². The zero-order valence-corrected chi connectivity index (χ0v) is 9.78. The van der Waals surface area contributed by atoms with Crippen molar-refractivity contribution in [3.63, 3.8) is 0 Å². The summed E-state index contributed by atoms with van der Waals surface area (Å²) in [5.74, 6) is 0.740. The van der Waals surface area contributed by atoms with Crippen LogP contribution in [0.5, 0.6) is 0 Å². The number of hydrogen-bond acceptors (Lipinski definition) is 4. The lowest BCUT2D eigenvalue weighted by atomic mass is 10.2. The Morgan fingerprint density at radius 1 is 1.59 bits per heavy atom. The third kappa shape index (κ3) is 2.52. The van der Waals surface area contributed by atoms with E-state index in [0.717, 1.165) is 18.5 Å². The van der Waals surface area contributed by atoms with Gasteiger partial charge in [-0.15, -0.1) is 0 Å². The molecule has 0 aliphatic carbocycles. The first-order valence-corrected chi connectivity index (χ1v) is 5.47. The number of H-pyrrole nitrogens is 1. The minimum atomic E-state index is -0.265. The third-order valence-corrected chi connectivity index (χ3v) is 2.39. The van der Waals surface area contributed by atoms with Gasteiger partial charge in [0.1, 0.15) is 11.3 Å². The number of anilines is 1. The number of amides is 1. The average Bonchev–Trinajstić information content (AvgIpc) is 2.88. The number of rotatable bonds is 4. The van der Waals surface area contributed by atoms with Crippen molar-refractivity contribution in [2.24, 2.45) is 0 Å². The zero-order chi connectivity index (χ0) is 12.3. The fourth-order valence-corrected chi connectivity index (χ4v) is 1.52. The van der Waals surface area contributed by atoms with E-state index < -0.39 is 0 Å². The second-order valence-corrected chi connectivity index (χ2v) is 3.78. The molecule has 0 atom stereocenters. The molecule has 17 heavy (non-hydrogen) atoms. The second kappa shape index (κ2) is 4.82. The van der Waals surface area contributed by atoms with Crippen LogP contribution in [0.15, 0.2) is 16.8 Å². The van der Waals surface area contributed by atoms with E-state index in [1.807, 2.05) is 6.07 Å². The van der Waals surface area contributed by atoms with Crippen molar-refractivity contribution in [3.05, 3.63) is 29.3 Å². The predicted octanol–water partition coefficient (Wildman–Crippen LogP) is 1.91. The molecule has 0 radical (unpaired) electrons. The van der Waals surface area contributed by atoms with Gasteiger partial charge in [0.05, 0.1) is 6.20 Å². The normalized spacial score (nSPS) is 10.5. The molecule has 0 bridgehead atoms. The van der Waals surface area contributed by atoms with Crippen molar-refractivity contribution >= 4 is 11.7 Å². The summed E-state index contributed by atoms with van der Waals surface area (Å²) in [6, 6.07) is 1.82. The first kappa shape index (κ1) is 11.4. The number of nitrogens with one attached hydrogen (secondary N) is 2. The summed E-state index contributed by atoms with van der Waals surface area (Å²) in [4.78, 5) is 11.8. The van der Waals surface area contributed by atoms with Crippen LogP contribution in [-0.4, -0.2) is 21.3 Å². The lowest BCUT2D eigenvalue weighted by molar-refractivity contribution is 0.102. The molecule has 2 heterocycles. The number of aryl methyl sites for hydroxylation is 2. The Morgan fingerprint density at radius 2 is 2.41 bits per heavy atom. The highest BCUT2D eigenvalue weighted by Crippen LogP contribution is 2.11. The number of hydrogen-bond donors (Lipinski definition) is 2. The van der Waals surface area contributed by atoms with Crippen LogP contribution in [0, 0.1) is 6.92 Å². The van der Waals surface area contributed by atoms with Crippen molar-refractivity contribution in [2.45, 2.75) is 26.7 Å². The molecule has 2 rings (SSSR count). The molecule has 0 unspecified atom stereocenters. The highest BCUT2D eigenvalue weighted by atomic mass is 16.5. The minimum Gasteiger partial charge on any atom is -0.361 e. The van der Waals surface area contributed by atoms with Crippen molar-refractivity contribution < 1.29 is 9.32 Å². The molecule has 0 aliphatic heterocycles. The van der Waals surface area contributed by atoms with Gasteiger partial charge in [-0.1, -0.05) is 18.5 Å². The van der Waals surface area contributed by atoms with E-state index in [0.29, 0.717) is 17.1 Å². The van der Waals surface area contributed by atoms with Crippen LogP contribution in [0.4, 0.5) is 5.82 Å². The Morgan fingerprint density at radius 3 is 3.06 bits per heavy atom. The minimum absolute atomic E-state index is 0.265. The predicted molar refractivity (Wildman–Crippen MR) is 61.8 cm³/mol. The van der Waals surface area contributed by atoms with Gasteiger partial charge in [0.2, 0.25) is 0 Å². The molecule has 6 heteroatoms. The van der Waals surface area contributed by atoms with E-state index in [-0.39, 0.29) is 5.91 Å². The van der Waals surface area contributed by atoms with Gasteiger partial charge in [-0.25, -0.2) is 0 Å². The van der Waals surface area contributed by atoms with Crippen LogP contribution in [0.2, 0.25) is 0 Å². The van der Waals surface area contributed by atoms with Gasteiger partial charge in [0, 0.05) is 11.8 Å². The number of carbonyl (C=O) groups excluding carboxylic acids is 1. The van der Waals surface area contributed by atoms with Crippen LogP contribution in [0.25, 0.3) is 0 Å². The maximum Gasteiger partial charge on any atom is 0.262 e. The Balaban J connectivity index is 2.05. The molecule has 0 saturated heterocycles. The first-order chi connectivity index (χ1) is 8.20. The fourth-order valence-electron chi connectivity index (χ4n) is 1.52. The van der Waals surface area contributed by atoms with E-state index in [1.165, 1.54) is 6.20 Å². The quantitative estimate of drug-likeness (QED) is 0.846. The highest BCUT2D eigenvalue weighted by Gasteiger charge is 2.14. The molecule has 0 spiro atoms. The van der Waals surface area contributed by atoms with Gasteiger partial charge in [0.25, 0.3) is 5.91 Å². The summed E-state index contributed by atoms with van der Waals surface area (Å²) in [7, 11) is 0. The second-order valence-electron chi connectivity index (χ2n) is 3.78. The van der Waals surface area contributed by atoms with Crippen LogP contribution in [-0.2, 0) is 6.42 Å². The lowest BCUT2D eigenvalue weighted by Gasteiger charge is -1.98. The van der Waals surface area contributed by atoms with Crippen molar-refractivity contribution in [3.8, 4) is 0 Å². The van der Waals surface area contributed by atoms with Crippen molar-refractivity contribution in [2.75, 3.05) is 5.32 Å². The number of nitrogens with zero attached hydrogens (tertiary/aromatic N) is 2. The Bertz CT molecular complexity index is 515. The Labute approximate surface area is 98.4 Å². The van der Waals surface area contributed by atoms with Crippen molar-refractivity contribution in [1.82, 2.24) is 15.4 Å². The SMILES string of the molecule is CCCc1cc(NC(=O)c2cnoc2C)n[nH]1. The smallest absolute Gasteiger partial charge is 0.262 e. The maximum absolute atomic E-state index is 11.8. The molecule has 90 valence electrons. The van der Waals surface area contributed by atoms with Gasteiger partial charge in [-0.2, -0.15) is 5.10 Å². The molecule has 2 aromatic heterocycles. The summed E-state index contributed by atoms with van der Waals surface area (Å²) < 4.78 is 4.83. The molecule has 2 N–H and O–H groups in total. The summed E-state index contributed by atoms with van der Waals surface area (Å²) >= 11 is 0. The van der Waals surface area contributed by atoms with E-state index in [9.17, 15) is 4.79 Å². The van der Waals surface area contributed by atoms with Gasteiger partial charge >= 0.3 is 0 Å². The molecular weight excluding hydrogens is 220 g/mol. The Kier molecular flexibility index (Phi) is 3.22. The Hall–Kier alpha value is -2.11. The summed E-state index contributed by atoms with van der Waals surface area (Å²) in [6.45, 7) is 3.77. The van der Waals surface area contributed by atoms with Gasteiger partial charge in [0.15, 0.2) is 5.82 Å². The van der Waals surface area contributed by atoms with Crippen LogP contribution in [0.3, 0.4) is 0 Å². The summed E-state index contributed by atoms with van der Waals surface area (Å²) in [6.07, 6.45) is 3.33. The van der Waals surface area contributed by atoms with Crippen LogP contribution >= 0.6 is 0 Å². The van der Waals surface area contributed by atoms with Crippen molar-refractivity contribution in [1.29, 1.82) is 0 Å². The van der Waals surface area contributed by atoms with E-state index >= 15 is 0 Å². The fraction of sp³-hybridized carbons (Fsp3) is 0.364. The van der Waals surface area contributed by atoms with Crippen LogP contribution in [0.1, 0.15) is 35.2 Å². The van der Waals surface area contributed by atoms with Gasteiger partial charge < -0.3 is 9.84 Å². The standard InChI is InChI=1S/C11H14N4O2/c1-3-4-8-5-10(15-14-8)13-11(16)9-6-12-17-7(9)2/h5-6H,3-4H2,1-2H3,(H2,13,14,15,16). The number of aromatic amines is 1. The molecule has 0 aliphatic rings. The maximum atomic E-state index is 11.8. The average molecular weight is 234 g/mol. The first-order valence-electron chi connectivity index (χ1n) is 5.47. The number of aromatic nitrogens is 3. The largest absolute Gasteiger partial charge is 0.361 e. The topological polar surface area (TPSA) is 83.8 Å². The van der Waals surface area contributed by atoms with E-state index in [1.54, 1.807) is 6.92 Å². The monoisotopic (exact) mass is 234 g/mol. The molecule has 2 aromatic rings. The molecule has 0 saturated carbocycles. The molecule has 0 fully saturated rings. The van der Waals surface area contributed by atoms with Gasteiger partial charge in [-0.3, -0.25) is 9.89 Å². The summed E-state index contributed by atoms with van der Waals surface area (Å²) in [5.41, 5.74) is 1.43. The molecule has 0 aromatic carbocycles. The molecule has 1 amide bonds. The molecule has 6 nitrogen and oxygen atoms in total. The summed E-state index contributed by atoms with van der Waals surface area (Å²) in [5, 5.41) is 13.1. The number of carbonyl (C=O) groups is 1. The zero-order valence-electron chi connectivity index (χ0n) is 9.78.